The van der Waals surface area contributed by atoms with E-state index in [9.17, 15) is 9.59 Å². The lowest BCUT2D eigenvalue weighted by atomic mass is 10.1. The second-order valence-electron chi connectivity index (χ2n) is 5.93. The summed E-state index contributed by atoms with van der Waals surface area (Å²) in [7, 11) is 3.14. The Kier molecular flexibility index (Phi) is 8.13. The van der Waals surface area contributed by atoms with E-state index in [4.69, 9.17) is 14.2 Å². The molecule has 0 aliphatic heterocycles. The zero-order chi connectivity index (χ0) is 20.5. The van der Waals surface area contributed by atoms with E-state index in [0.29, 0.717) is 23.7 Å². The van der Waals surface area contributed by atoms with Gasteiger partial charge in [0.05, 0.1) is 14.2 Å². The zero-order valence-corrected chi connectivity index (χ0v) is 17.5. The Hall–Kier alpha value is -2.74. The predicted octanol–water partition coefficient (Wildman–Crippen LogP) is 3.01. The quantitative estimate of drug-likeness (QED) is 0.603. The van der Waals surface area contributed by atoms with Crippen molar-refractivity contribution in [1.82, 2.24) is 10.9 Å². The van der Waals surface area contributed by atoms with Crippen molar-refractivity contribution >= 4 is 27.7 Å². The fraction of sp³-hybridized carbons (Fsp3) is 0.300. The highest BCUT2D eigenvalue weighted by atomic mass is 79.9. The van der Waals surface area contributed by atoms with Crippen LogP contribution < -0.4 is 25.1 Å². The number of ether oxygens (including phenoxy) is 3. The van der Waals surface area contributed by atoms with Gasteiger partial charge in [0.2, 0.25) is 5.91 Å². The van der Waals surface area contributed by atoms with E-state index in [1.165, 1.54) is 0 Å². The summed E-state index contributed by atoms with van der Waals surface area (Å²) in [5, 5.41) is 0. The smallest absolute Gasteiger partial charge is 0.279 e. The van der Waals surface area contributed by atoms with Crippen LogP contribution in [0.1, 0.15) is 18.9 Å². The molecule has 150 valence electrons. The molecule has 0 fully saturated rings. The van der Waals surface area contributed by atoms with Gasteiger partial charge in [-0.3, -0.25) is 20.4 Å². The molecule has 2 N–H and O–H groups in total. The van der Waals surface area contributed by atoms with Gasteiger partial charge in [-0.15, -0.1) is 0 Å². The molecule has 2 aromatic carbocycles. The highest BCUT2D eigenvalue weighted by molar-refractivity contribution is 9.10. The SMILES string of the molecule is COc1ccc(OC)c(CCC(=O)NNC(=O)C(C)Oc2cccc(Br)c2)c1. The minimum atomic E-state index is -0.770. The van der Waals surface area contributed by atoms with Crippen molar-refractivity contribution in [3.8, 4) is 17.2 Å². The normalized spacial score (nSPS) is 11.3. The number of benzene rings is 2. The van der Waals surface area contributed by atoms with Crippen LogP contribution in [0.15, 0.2) is 46.9 Å². The minimum absolute atomic E-state index is 0.171. The number of hydrazine groups is 1. The second-order valence-corrected chi connectivity index (χ2v) is 6.85. The molecule has 2 rings (SSSR count). The molecule has 1 atom stereocenters. The molecule has 0 radical (unpaired) electrons. The van der Waals surface area contributed by atoms with E-state index in [1.807, 2.05) is 12.1 Å². The Bertz CT molecular complexity index is 828. The summed E-state index contributed by atoms with van der Waals surface area (Å²) in [5.41, 5.74) is 5.61. The van der Waals surface area contributed by atoms with Gasteiger partial charge in [0.1, 0.15) is 17.2 Å². The van der Waals surface area contributed by atoms with Crippen LogP contribution >= 0.6 is 15.9 Å². The van der Waals surface area contributed by atoms with Crippen LogP contribution in [0.25, 0.3) is 0 Å². The Morgan fingerprint density at radius 1 is 1.04 bits per heavy atom. The fourth-order valence-electron chi connectivity index (χ4n) is 2.42. The molecule has 2 amide bonds. The number of halogens is 1. The molecule has 1 unspecified atom stereocenters. The second kappa shape index (κ2) is 10.6. The van der Waals surface area contributed by atoms with E-state index in [-0.39, 0.29) is 12.3 Å². The number of aryl methyl sites for hydroxylation is 1. The van der Waals surface area contributed by atoms with Crippen molar-refractivity contribution in [2.45, 2.75) is 25.9 Å². The largest absolute Gasteiger partial charge is 0.497 e. The van der Waals surface area contributed by atoms with Crippen molar-refractivity contribution in [3.63, 3.8) is 0 Å². The van der Waals surface area contributed by atoms with Gasteiger partial charge in [0.15, 0.2) is 6.10 Å². The first-order chi connectivity index (χ1) is 13.4. The molecular weight excluding hydrogens is 428 g/mol. The first-order valence-electron chi connectivity index (χ1n) is 8.64. The van der Waals surface area contributed by atoms with Crippen LogP contribution in [-0.2, 0) is 16.0 Å². The lowest BCUT2D eigenvalue weighted by Crippen LogP contribution is -2.47. The Labute approximate surface area is 172 Å². The molecule has 0 saturated carbocycles. The molecule has 0 aromatic heterocycles. The number of rotatable bonds is 8. The molecule has 0 heterocycles. The van der Waals surface area contributed by atoms with Gasteiger partial charge in [-0.2, -0.15) is 0 Å². The third-order valence-electron chi connectivity index (χ3n) is 3.91. The summed E-state index contributed by atoms with van der Waals surface area (Å²) >= 11 is 3.34. The van der Waals surface area contributed by atoms with Crippen LogP contribution in [0.3, 0.4) is 0 Å². The Morgan fingerprint density at radius 2 is 1.82 bits per heavy atom. The van der Waals surface area contributed by atoms with Gasteiger partial charge >= 0.3 is 0 Å². The van der Waals surface area contributed by atoms with Gasteiger partial charge in [0, 0.05) is 10.9 Å². The van der Waals surface area contributed by atoms with E-state index in [2.05, 4.69) is 26.8 Å². The third kappa shape index (κ3) is 6.45. The monoisotopic (exact) mass is 450 g/mol. The number of carbonyl (C=O) groups is 2. The topological polar surface area (TPSA) is 85.9 Å². The van der Waals surface area contributed by atoms with Gasteiger partial charge in [0.25, 0.3) is 5.91 Å². The molecule has 8 heteroatoms. The molecule has 7 nitrogen and oxygen atoms in total. The number of hydrogen-bond donors (Lipinski definition) is 2. The van der Waals surface area contributed by atoms with Crippen LogP contribution in [0.4, 0.5) is 0 Å². The van der Waals surface area contributed by atoms with Crippen LogP contribution in [0.2, 0.25) is 0 Å². The van der Waals surface area contributed by atoms with Crippen LogP contribution in [-0.4, -0.2) is 32.1 Å². The van der Waals surface area contributed by atoms with Crippen molar-refractivity contribution in [3.05, 3.63) is 52.5 Å². The first-order valence-corrected chi connectivity index (χ1v) is 9.44. The lowest BCUT2D eigenvalue weighted by Gasteiger charge is -2.15. The first kappa shape index (κ1) is 21.6. The molecule has 0 spiro atoms. The summed E-state index contributed by atoms with van der Waals surface area (Å²) in [6, 6.07) is 12.6. The highest BCUT2D eigenvalue weighted by Gasteiger charge is 2.16. The Morgan fingerprint density at radius 3 is 2.50 bits per heavy atom. The molecule has 28 heavy (non-hydrogen) atoms. The van der Waals surface area contributed by atoms with E-state index < -0.39 is 12.0 Å². The summed E-state index contributed by atoms with van der Waals surface area (Å²) in [6.07, 6.45) is -0.162. The number of nitrogens with one attached hydrogen (secondary N) is 2. The number of methoxy groups -OCH3 is 2. The molecular formula is C20H23BrN2O5. The highest BCUT2D eigenvalue weighted by Crippen LogP contribution is 2.25. The molecule has 0 saturated heterocycles. The van der Waals surface area contributed by atoms with Gasteiger partial charge < -0.3 is 14.2 Å². The van der Waals surface area contributed by atoms with Crippen molar-refractivity contribution < 1.29 is 23.8 Å². The maximum Gasteiger partial charge on any atom is 0.279 e. The summed E-state index contributed by atoms with van der Waals surface area (Å²) in [5.74, 6) is 1.13. The molecule has 2 aromatic rings. The average molecular weight is 451 g/mol. The maximum absolute atomic E-state index is 12.1. The number of hydrogen-bond acceptors (Lipinski definition) is 5. The fourth-order valence-corrected chi connectivity index (χ4v) is 2.80. The van der Waals surface area contributed by atoms with Gasteiger partial charge in [-0.1, -0.05) is 22.0 Å². The van der Waals surface area contributed by atoms with Crippen molar-refractivity contribution in [1.29, 1.82) is 0 Å². The lowest BCUT2D eigenvalue weighted by molar-refractivity contribution is -0.132. The zero-order valence-electron chi connectivity index (χ0n) is 16.0. The predicted molar refractivity (Wildman–Crippen MR) is 108 cm³/mol. The van der Waals surface area contributed by atoms with Crippen molar-refractivity contribution in [2.24, 2.45) is 0 Å². The summed E-state index contributed by atoms with van der Waals surface area (Å²) < 4.78 is 16.9. The number of carbonyl (C=O) groups excluding carboxylic acids is 2. The summed E-state index contributed by atoms with van der Waals surface area (Å²) in [4.78, 5) is 24.2. The van der Waals surface area contributed by atoms with Crippen LogP contribution in [0.5, 0.6) is 17.2 Å². The maximum atomic E-state index is 12.1. The van der Waals surface area contributed by atoms with E-state index >= 15 is 0 Å². The molecule has 0 aliphatic carbocycles. The Balaban J connectivity index is 1.81. The summed E-state index contributed by atoms with van der Waals surface area (Å²) in [6.45, 7) is 1.60. The van der Waals surface area contributed by atoms with E-state index in [0.717, 1.165) is 10.0 Å². The molecule has 0 bridgehead atoms. The van der Waals surface area contributed by atoms with Gasteiger partial charge in [-0.25, -0.2) is 0 Å². The third-order valence-corrected chi connectivity index (χ3v) is 4.41. The number of amides is 2. The van der Waals surface area contributed by atoms with Crippen LogP contribution in [0, 0.1) is 0 Å². The standard InChI is InChI=1S/C20H23BrN2O5/c1-13(28-17-6-4-5-15(21)12-17)20(25)23-22-19(24)10-7-14-11-16(26-2)8-9-18(14)27-3/h4-6,8-9,11-13H,7,10H2,1-3H3,(H,22,24)(H,23,25). The average Bonchev–Trinajstić information content (AvgIpc) is 2.70. The van der Waals surface area contributed by atoms with Gasteiger partial charge in [-0.05, 0) is 55.3 Å². The van der Waals surface area contributed by atoms with Crippen molar-refractivity contribution in [2.75, 3.05) is 14.2 Å². The minimum Gasteiger partial charge on any atom is -0.497 e. The van der Waals surface area contributed by atoms with E-state index in [1.54, 1.807) is 51.5 Å². The molecule has 0 aliphatic rings.